The van der Waals surface area contributed by atoms with Gasteiger partial charge in [0.15, 0.2) is 0 Å². The SMILES string of the molecule is CN(C)CCCN(C)Cc1cc(F)ccc1C#N. The molecule has 4 heteroatoms. The van der Waals surface area contributed by atoms with Crippen molar-refractivity contribution in [3.8, 4) is 6.07 Å². The molecule has 98 valence electrons. The van der Waals surface area contributed by atoms with Gasteiger partial charge in [-0.05, 0) is 64.4 Å². The maximum absolute atomic E-state index is 13.2. The number of nitriles is 1. The molecule has 3 nitrogen and oxygen atoms in total. The molecule has 1 aromatic rings. The molecule has 0 spiro atoms. The molecule has 0 atom stereocenters. The predicted molar refractivity (Wildman–Crippen MR) is 70.6 cm³/mol. The van der Waals surface area contributed by atoms with Gasteiger partial charge in [-0.3, -0.25) is 0 Å². The third-order valence-corrected chi connectivity index (χ3v) is 2.77. The van der Waals surface area contributed by atoms with Gasteiger partial charge >= 0.3 is 0 Å². The van der Waals surface area contributed by atoms with Crippen LogP contribution in [0.25, 0.3) is 0 Å². The van der Waals surface area contributed by atoms with E-state index in [-0.39, 0.29) is 5.82 Å². The van der Waals surface area contributed by atoms with Crippen molar-refractivity contribution < 1.29 is 4.39 Å². The summed E-state index contributed by atoms with van der Waals surface area (Å²) < 4.78 is 13.2. The van der Waals surface area contributed by atoms with Crippen molar-refractivity contribution >= 4 is 0 Å². The highest BCUT2D eigenvalue weighted by atomic mass is 19.1. The van der Waals surface area contributed by atoms with Crippen molar-refractivity contribution in [1.82, 2.24) is 9.80 Å². The Balaban J connectivity index is 2.56. The normalized spacial score (nSPS) is 10.9. The summed E-state index contributed by atoms with van der Waals surface area (Å²) in [6.45, 7) is 2.56. The van der Waals surface area contributed by atoms with Crippen molar-refractivity contribution in [3.05, 3.63) is 35.1 Å². The molecule has 1 aromatic carbocycles. The molecule has 0 bridgehead atoms. The largest absolute Gasteiger partial charge is 0.309 e. The zero-order chi connectivity index (χ0) is 13.5. The topological polar surface area (TPSA) is 30.3 Å². The number of rotatable bonds is 6. The lowest BCUT2D eigenvalue weighted by Crippen LogP contribution is -2.23. The fourth-order valence-electron chi connectivity index (χ4n) is 1.83. The lowest BCUT2D eigenvalue weighted by atomic mass is 10.1. The van der Waals surface area contributed by atoms with Gasteiger partial charge < -0.3 is 9.80 Å². The summed E-state index contributed by atoms with van der Waals surface area (Å²) in [7, 11) is 6.07. The summed E-state index contributed by atoms with van der Waals surface area (Å²) in [6, 6.07) is 6.41. The van der Waals surface area contributed by atoms with E-state index in [2.05, 4.69) is 15.9 Å². The van der Waals surface area contributed by atoms with Crippen LogP contribution in [-0.2, 0) is 6.54 Å². The van der Waals surface area contributed by atoms with E-state index >= 15 is 0 Å². The second-order valence-corrected chi connectivity index (χ2v) is 4.81. The second-order valence-electron chi connectivity index (χ2n) is 4.81. The molecule has 18 heavy (non-hydrogen) atoms. The van der Waals surface area contributed by atoms with Crippen LogP contribution in [0.4, 0.5) is 4.39 Å². The molecule has 0 amide bonds. The number of hydrogen-bond acceptors (Lipinski definition) is 3. The molecule has 0 N–H and O–H groups in total. The van der Waals surface area contributed by atoms with Gasteiger partial charge in [0.2, 0.25) is 0 Å². The lowest BCUT2D eigenvalue weighted by Gasteiger charge is -2.18. The van der Waals surface area contributed by atoms with Gasteiger partial charge in [0.05, 0.1) is 11.6 Å². The van der Waals surface area contributed by atoms with E-state index in [1.54, 1.807) is 6.07 Å². The van der Waals surface area contributed by atoms with E-state index in [4.69, 9.17) is 5.26 Å². The number of nitrogens with zero attached hydrogens (tertiary/aromatic N) is 3. The van der Waals surface area contributed by atoms with Crippen LogP contribution in [0.5, 0.6) is 0 Å². The van der Waals surface area contributed by atoms with E-state index in [0.717, 1.165) is 25.1 Å². The zero-order valence-corrected chi connectivity index (χ0v) is 11.3. The first kappa shape index (κ1) is 14.6. The molecule has 0 fully saturated rings. The smallest absolute Gasteiger partial charge is 0.123 e. The summed E-state index contributed by atoms with van der Waals surface area (Å²) in [5.41, 5.74) is 1.31. The van der Waals surface area contributed by atoms with Gasteiger partial charge in [-0.2, -0.15) is 5.26 Å². The monoisotopic (exact) mass is 249 g/mol. The average molecular weight is 249 g/mol. The molecule has 0 radical (unpaired) electrons. The molecule has 0 saturated heterocycles. The van der Waals surface area contributed by atoms with Crippen LogP contribution in [0.2, 0.25) is 0 Å². The number of benzene rings is 1. The molecule has 0 aliphatic rings. The van der Waals surface area contributed by atoms with Crippen LogP contribution in [0.15, 0.2) is 18.2 Å². The van der Waals surface area contributed by atoms with E-state index in [1.165, 1.54) is 12.1 Å². The Morgan fingerprint density at radius 2 is 1.94 bits per heavy atom. The van der Waals surface area contributed by atoms with E-state index in [1.807, 2.05) is 21.1 Å². The summed E-state index contributed by atoms with van der Waals surface area (Å²) in [6.07, 6.45) is 1.06. The Morgan fingerprint density at radius 3 is 2.56 bits per heavy atom. The van der Waals surface area contributed by atoms with Gasteiger partial charge in [-0.25, -0.2) is 4.39 Å². The highest BCUT2D eigenvalue weighted by Crippen LogP contribution is 2.12. The van der Waals surface area contributed by atoms with Crippen molar-refractivity contribution in [1.29, 1.82) is 5.26 Å². The van der Waals surface area contributed by atoms with Gasteiger partial charge in [0.25, 0.3) is 0 Å². The Labute approximate surface area is 108 Å². The molecule has 0 saturated carbocycles. The van der Waals surface area contributed by atoms with Crippen LogP contribution in [-0.4, -0.2) is 44.0 Å². The minimum absolute atomic E-state index is 0.286. The lowest BCUT2D eigenvalue weighted by molar-refractivity contribution is 0.294. The quantitative estimate of drug-likeness (QED) is 0.773. The number of halogens is 1. The minimum atomic E-state index is -0.286. The zero-order valence-electron chi connectivity index (χ0n) is 11.3. The molecular weight excluding hydrogens is 229 g/mol. The van der Waals surface area contributed by atoms with Crippen LogP contribution >= 0.6 is 0 Å². The Bertz CT molecular complexity index is 424. The maximum Gasteiger partial charge on any atom is 0.123 e. The first-order chi connectivity index (χ1) is 8.52. The van der Waals surface area contributed by atoms with Crippen molar-refractivity contribution in [3.63, 3.8) is 0 Å². The molecular formula is C14H20FN3. The molecule has 0 heterocycles. The van der Waals surface area contributed by atoms with Crippen LogP contribution in [0.3, 0.4) is 0 Å². The third kappa shape index (κ3) is 4.82. The minimum Gasteiger partial charge on any atom is -0.309 e. The summed E-state index contributed by atoms with van der Waals surface area (Å²) in [4.78, 5) is 4.25. The van der Waals surface area contributed by atoms with E-state index in [9.17, 15) is 4.39 Å². The fraction of sp³-hybridized carbons (Fsp3) is 0.500. The molecule has 0 aromatic heterocycles. The summed E-state index contributed by atoms with van der Waals surface area (Å²) in [5, 5.41) is 8.97. The van der Waals surface area contributed by atoms with Crippen LogP contribution in [0, 0.1) is 17.1 Å². The average Bonchev–Trinajstić information content (AvgIpc) is 2.28. The van der Waals surface area contributed by atoms with Gasteiger partial charge in [0.1, 0.15) is 5.82 Å². The van der Waals surface area contributed by atoms with Crippen LogP contribution < -0.4 is 0 Å². The standard InChI is InChI=1S/C14H20FN3/c1-17(2)7-4-8-18(3)11-13-9-14(15)6-5-12(13)10-16/h5-6,9H,4,7-8,11H2,1-3H3. The van der Waals surface area contributed by atoms with Crippen molar-refractivity contribution in [2.24, 2.45) is 0 Å². The van der Waals surface area contributed by atoms with Gasteiger partial charge in [0, 0.05) is 6.54 Å². The summed E-state index contributed by atoms with van der Waals surface area (Å²) >= 11 is 0. The Hall–Kier alpha value is -1.44. The maximum atomic E-state index is 13.2. The van der Waals surface area contributed by atoms with Crippen molar-refractivity contribution in [2.45, 2.75) is 13.0 Å². The van der Waals surface area contributed by atoms with Gasteiger partial charge in [-0.15, -0.1) is 0 Å². The molecule has 1 rings (SSSR count). The first-order valence-electron chi connectivity index (χ1n) is 6.04. The Kier molecular flexibility index (Phi) is 5.76. The van der Waals surface area contributed by atoms with E-state index < -0.39 is 0 Å². The highest BCUT2D eigenvalue weighted by molar-refractivity contribution is 5.37. The van der Waals surface area contributed by atoms with Crippen molar-refractivity contribution in [2.75, 3.05) is 34.2 Å². The molecule has 0 aliphatic carbocycles. The first-order valence-corrected chi connectivity index (χ1v) is 6.04. The summed E-state index contributed by atoms with van der Waals surface area (Å²) in [5.74, 6) is -0.286. The Morgan fingerprint density at radius 1 is 1.22 bits per heavy atom. The third-order valence-electron chi connectivity index (χ3n) is 2.77. The second kappa shape index (κ2) is 7.10. The predicted octanol–water partition coefficient (Wildman–Crippen LogP) is 2.08. The van der Waals surface area contributed by atoms with E-state index in [0.29, 0.717) is 12.1 Å². The molecule has 0 unspecified atom stereocenters. The fourth-order valence-corrected chi connectivity index (χ4v) is 1.83. The number of hydrogen-bond donors (Lipinski definition) is 0. The highest BCUT2D eigenvalue weighted by Gasteiger charge is 2.07. The van der Waals surface area contributed by atoms with Crippen LogP contribution in [0.1, 0.15) is 17.5 Å². The van der Waals surface area contributed by atoms with Gasteiger partial charge in [-0.1, -0.05) is 0 Å². The molecule has 0 aliphatic heterocycles.